The molecule has 1 aromatic heterocycles. The summed E-state index contributed by atoms with van der Waals surface area (Å²) in [5, 5.41) is 21.5. The van der Waals surface area contributed by atoms with Crippen LogP contribution in [-0.4, -0.2) is 94.7 Å². The van der Waals surface area contributed by atoms with Gasteiger partial charge >= 0.3 is 6.03 Å². The highest BCUT2D eigenvalue weighted by Crippen LogP contribution is 2.28. The molecule has 5 amide bonds. The monoisotopic (exact) mass is 631 g/mol. The van der Waals surface area contributed by atoms with E-state index in [4.69, 9.17) is 11.5 Å². The maximum absolute atomic E-state index is 13.6. The number of aryl methyl sites for hydroxylation is 1. The largest absolute Gasteiger partial charge is 0.370 e. The summed E-state index contributed by atoms with van der Waals surface area (Å²) in [5.74, 6) is -1.38. The number of carbonyl (C=O) groups is 6. The van der Waals surface area contributed by atoms with E-state index < -0.39 is 36.0 Å². The molecule has 9 N–H and O–H groups in total. The van der Waals surface area contributed by atoms with Gasteiger partial charge in [0.1, 0.15) is 18.4 Å². The number of rotatable bonds is 11. The second kappa shape index (κ2) is 18.3. The number of carbonyl (C=O) groups excluding carboxylic acids is 6. The summed E-state index contributed by atoms with van der Waals surface area (Å²) in [4.78, 5) is 79.7. The van der Waals surface area contributed by atoms with Gasteiger partial charge in [0.2, 0.25) is 23.6 Å². The van der Waals surface area contributed by atoms with Crippen molar-refractivity contribution in [2.24, 2.45) is 22.4 Å². The van der Waals surface area contributed by atoms with E-state index in [2.05, 4.69) is 41.9 Å². The molecule has 17 nitrogen and oxygen atoms in total. The molecular weight excluding hydrogens is 586 g/mol. The normalized spacial score (nSPS) is 22.2. The van der Waals surface area contributed by atoms with Crippen LogP contribution in [0, 0.1) is 5.92 Å². The summed E-state index contributed by atoms with van der Waals surface area (Å²) < 4.78 is 0.954. The Hall–Kier alpha value is -4.57. The Morgan fingerprint density at radius 1 is 0.978 bits per heavy atom. The van der Waals surface area contributed by atoms with Crippen LogP contribution in [0.3, 0.4) is 0 Å². The number of aromatic nitrogens is 3. The molecule has 0 radical (unpaired) electrons. The lowest BCUT2D eigenvalue weighted by atomic mass is 10.1. The molecule has 1 aliphatic carbocycles. The molecule has 2 heterocycles. The minimum Gasteiger partial charge on any atom is -0.370 e. The van der Waals surface area contributed by atoms with Crippen molar-refractivity contribution in [3.8, 4) is 0 Å². The number of aliphatic imine (C=N–C) groups is 1. The Bertz CT molecular complexity index is 1210. The summed E-state index contributed by atoms with van der Waals surface area (Å²) in [7, 11) is 0. The molecule has 248 valence electrons. The van der Waals surface area contributed by atoms with Gasteiger partial charge in [0.05, 0.1) is 17.9 Å². The Morgan fingerprint density at radius 3 is 2.44 bits per heavy atom. The number of nitrogens with two attached hydrogens (primary N) is 2. The third-order valence-corrected chi connectivity index (χ3v) is 7.47. The molecule has 2 bridgehead atoms. The third kappa shape index (κ3) is 12.9. The number of aldehydes is 1. The van der Waals surface area contributed by atoms with Crippen LogP contribution in [0.5, 0.6) is 0 Å². The minimum absolute atomic E-state index is 0.0197. The predicted molar refractivity (Wildman–Crippen MR) is 162 cm³/mol. The molecule has 1 saturated carbocycles. The molecule has 2 aliphatic rings. The first-order valence-electron chi connectivity index (χ1n) is 15.5. The van der Waals surface area contributed by atoms with Gasteiger partial charge in [-0.25, -0.2) is 4.79 Å². The van der Waals surface area contributed by atoms with Gasteiger partial charge in [-0.2, -0.15) is 4.68 Å². The Labute approximate surface area is 261 Å². The van der Waals surface area contributed by atoms with Crippen molar-refractivity contribution in [1.82, 2.24) is 41.6 Å². The molecule has 0 unspecified atom stereocenters. The number of nitrogens with zero attached hydrogens (tertiary/aromatic N) is 4. The summed E-state index contributed by atoms with van der Waals surface area (Å²) in [6.07, 6.45) is 7.48. The fraction of sp³-hybridized carbons (Fsp3) is 0.679. The lowest BCUT2D eigenvalue weighted by Crippen LogP contribution is -2.55. The van der Waals surface area contributed by atoms with E-state index in [1.165, 1.54) is 6.20 Å². The average Bonchev–Trinajstić information content (AvgIpc) is 3.76. The van der Waals surface area contributed by atoms with E-state index in [0.29, 0.717) is 63.6 Å². The molecular formula is C28H45N11O6. The second-order valence-electron chi connectivity index (χ2n) is 11.3. The van der Waals surface area contributed by atoms with Crippen LogP contribution >= 0.6 is 0 Å². The smallest absolute Gasteiger partial charge is 0.344 e. The van der Waals surface area contributed by atoms with E-state index in [1.54, 1.807) is 0 Å². The fourth-order valence-corrected chi connectivity index (χ4v) is 4.72. The Balaban J connectivity index is 1.76. The van der Waals surface area contributed by atoms with Gasteiger partial charge in [-0.1, -0.05) is 5.21 Å². The molecule has 0 aromatic carbocycles. The summed E-state index contributed by atoms with van der Waals surface area (Å²) in [5.41, 5.74) is 11.2. The number of hydrogen-bond acceptors (Lipinski definition) is 9. The van der Waals surface area contributed by atoms with E-state index in [-0.39, 0.29) is 55.9 Å². The molecule has 0 saturated heterocycles. The van der Waals surface area contributed by atoms with Gasteiger partial charge in [-0.3, -0.25) is 24.2 Å². The highest BCUT2D eigenvalue weighted by atomic mass is 16.2. The molecule has 1 aromatic rings. The van der Waals surface area contributed by atoms with Crippen LogP contribution in [0.15, 0.2) is 11.2 Å². The molecule has 45 heavy (non-hydrogen) atoms. The number of unbranched alkanes of at least 4 members (excludes halogenated alkanes) is 1. The second-order valence-corrected chi connectivity index (χ2v) is 11.3. The number of guanidine groups is 1. The standard InChI is InChI=1S/C28H45N11O6/c29-27(30)33-15-5-8-21-25(43)34-20(17-40)6-1-3-13-31-23(41)12-11-19-16-39(38-37-19)28(45)36-22(26(44)35-21)7-2-4-14-32-24(42)18-9-10-18/h16-18,20-22H,1-15H2,(H,31,41)(H,32,42)(H,34,43)(H,35,44)(H,36,45)(H4,29,30,33)/t20-,21-,22-/m0/s1. The number of fused-ring (bicyclic) bond motifs is 2. The zero-order valence-corrected chi connectivity index (χ0v) is 25.5. The minimum atomic E-state index is -1.06. The highest BCUT2D eigenvalue weighted by Gasteiger charge is 2.30. The molecule has 1 fully saturated rings. The maximum atomic E-state index is 13.6. The van der Waals surface area contributed by atoms with E-state index in [9.17, 15) is 28.8 Å². The molecule has 3 rings (SSSR count). The Kier molecular flexibility index (Phi) is 14.2. The van der Waals surface area contributed by atoms with Gasteiger partial charge in [0.25, 0.3) is 0 Å². The quantitative estimate of drug-likeness (QED) is 0.0634. The first-order chi connectivity index (χ1) is 21.7. The summed E-state index contributed by atoms with van der Waals surface area (Å²) in [6, 6.07) is -3.62. The van der Waals surface area contributed by atoms with Crippen molar-refractivity contribution in [2.75, 3.05) is 19.6 Å². The van der Waals surface area contributed by atoms with Crippen molar-refractivity contribution in [3.63, 3.8) is 0 Å². The van der Waals surface area contributed by atoms with Crippen LogP contribution in [0.25, 0.3) is 0 Å². The van der Waals surface area contributed by atoms with E-state index in [1.807, 2.05) is 0 Å². The SMILES string of the molecule is NC(N)=NCCC[C@@H]1NC(=O)[C@H](CCCCNC(=O)C2CC2)NC(=O)n2cc(nn2)CCC(=O)NCCCC[C@@H](C=O)NC1=O. The van der Waals surface area contributed by atoms with Crippen molar-refractivity contribution in [1.29, 1.82) is 0 Å². The van der Waals surface area contributed by atoms with E-state index >= 15 is 0 Å². The molecule has 1 aliphatic heterocycles. The lowest BCUT2D eigenvalue weighted by Gasteiger charge is -2.24. The highest BCUT2D eigenvalue weighted by molar-refractivity contribution is 5.92. The number of nitrogens with one attached hydrogen (secondary N) is 5. The molecule has 0 spiro atoms. The van der Waals surface area contributed by atoms with Gasteiger partial charge in [0.15, 0.2) is 5.96 Å². The first kappa shape index (κ1) is 34.9. The van der Waals surface area contributed by atoms with Crippen LogP contribution in [0.1, 0.15) is 76.3 Å². The number of hydrogen-bond donors (Lipinski definition) is 7. The van der Waals surface area contributed by atoms with Gasteiger partial charge in [-0.15, -0.1) is 5.10 Å². The summed E-state index contributed by atoms with van der Waals surface area (Å²) >= 11 is 0. The van der Waals surface area contributed by atoms with Crippen LogP contribution in [0.2, 0.25) is 0 Å². The van der Waals surface area contributed by atoms with E-state index in [0.717, 1.165) is 17.5 Å². The van der Waals surface area contributed by atoms with Gasteiger partial charge in [0, 0.05) is 38.4 Å². The van der Waals surface area contributed by atoms with Crippen LogP contribution in [-0.2, 0) is 30.4 Å². The Morgan fingerprint density at radius 2 is 1.71 bits per heavy atom. The van der Waals surface area contributed by atoms with Crippen LogP contribution < -0.4 is 38.1 Å². The maximum Gasteiger partial charge on any atom is 0.344 e. The summed E-state index contributed by atoms with van der Waals surface area (Å²) in [6.45, 7) is 1.04. The van der Waals surface area contributed by atoms with Gasteiger partial charge < -0.3 is 42.8 Å². The lowest BCUT2D eigenvalue weighted by molar-refractivity contribution is -0.131. The fourth-order valence-electron chi connectivity index (χ4n) is 4.72. The van der Waals surface area contributed by atoms with Crippen molar-refractivity contribution in [3.05, 3.63) is 11.9 Å². The molecule has 3 atom stereocenters. The topological polar surface area (TPSA) is 258 Å². The zero-order valence-electron chi connectivity index (χ0n) is 25.5. The third-order valence-electron chi connectivity index (χ3n) is 7.47. The van der Waals surface area contributed by atoms with Crippen molar-refractivity contribution in [2.45, 2.75) is 95.2 Å². The average molecular weight is 632 g/mol. The predicted octanol–water partition coefficient (Wildman–Crippen LogP) is -1.64. The van der Waals surface area contributed by atoms with Crippen molar-refractivity contribution >= 4 is 41.9 Å². The zero-order chi connectivity index (χ0) is 32.6. The van der Waals surface area contributed by atoms with Gasteiger partial charge in [-0.05, 0) is 64.2 Å². The number of amides is 5. The molecule has 17 heteroatoms. The first-order valence-corrected chi connectivity index (χ1v) is 15.5. The van der Waals surface area contributed by atoms with Crippen LogP contribution in [0.4, 0.5) is 4.79 Å². The van der Waals surface area contributed by atoms with Crippen molar-refractivity contribution < 1.29 is 28.8 Å².